The van der Waals surface area contributed by atoms with Crippen molar-refractivity contribution in [1.29, 1.82) is 0 Å². The second-order valence-electron chi connectivity index (χ2n) is 8.77. The summed E-state index contributed by atoms with van der Waals surface area (Å²) in [6.45, 7) is 8.06. The second-order valence-corrected chi connectivity index (χ2v) is 8.77. The molecule has 0 radical (unpaired) electrons. The van der Waals surface area contributed by atoms with Crippen LogP contribution in [0, 0.1) is 5.92 Å². The van der Waals surface area contributed by atoms with Crippen LogP contribution in [0.4, 0.5) is 0 Å². The van der Waals surface area contributed by atoms with Crippen LogP contribution in [0.15, 0.2) is 72.8 Å². The van der Waals surface area contributed by atoms with Crippen molar-refractivity contribution in [1.82, 2.24) is 0 Å². The van der Waals surface area contributed by atoms with Crippen LogP contribution < -0.4 is 9.47 Å². The molecule has 0 aromatic heterocycles. The molecule has 0 spiro atoms. The van der Waals surface area contributed by atoms with E-state index in [0.717, 1.165) is 22.4 Å². The van der Waals surface area contributed by atoms with Crippen molar-refractivity contribution < 1.29 is 19.1 Å². The van der Waals surface area contributed by atoms with Gasteiger partial charge in [-0.25, -0.2) is 4.79 Å². The van der Waals surface area contributed by atoms with Crippen LogP contribution in [-0.4, -0.2) is 18.9 Å². The number of benzene rings is 3. The standard InChI is InChI=1S/C28H30O4/c1-19(2)26(29)18-20-7-6-8-21(17-20)27(30)32-25-15-11-23(12-16-25)28(3,4)22-9-13-24(31-5)14-10-22/h6-17,19H,18H2,1-5H3. The van der Waals surface area contributed by atoms with Crippen molar-refractivity contribution in [2.75, 3.05) is 7.11 Å². The normalized spacial score (nSPS) is 11.3. The monoisotopic (exact) mass is 430 g/mol. The fraction of sp³-hybridized carbons (Fsp3) is 0.286. The van der Waals surface area contributed by atoms with E-state index in [-0.39, 0.29) is 17.1 Å². The summed E-state index contributed by atoms with van der Waals surface area (Å²) < 4.78 is 10.8. The number of ketones is 1. The molecule has 0 amide bonds. The third-order valence-electron chi connectivity index (χ3n) is 5.78. The highest BCUT2D eigenvalue weighted by atomic mass is 16.5. The number of rotatable bonds is 8. The highest BCUT2D eigenvalue weighted by Crippen LogP contribution is 2.33. The number of esters is 1. The average molecular weight is 431 g/mol. The fourth-order valence-electron chi connectivity index (χ4n) is 3.49. The lowest BCUT2D eigenvalue weighted by molar-refractivity contribution is -0.121. The van der Waals surface area contributed by atoms with Crippen LogP contribution in [-0.2, 0) is 16.6 Å². The second kappa shape index (κ2) is 9.82. The largest absolute Gasteiger partial charge is 0.497 e. The van der Waals surface area contributed by atoms with Gasteiger partial charge in [0.1, 0.15) is 17.3 Å². The first kappa shape index (κ1) is 23.3. The first-order valence-corrected chi connectivity index (χ1v) is 10.8. The number of hydrogen-bond acceptors (Lipinski definition) is 4. The van der Waals surface area contributed by atoms with Gasteiger partial charge >= 0.3 is 5.97 Å². The summed E-state index contributed by atoms with van der Waals surface area (Å²) >= 11 is 0. The van der Waals surface area contributed by atoms with E-state index in [2.05, 4.69) is 26.0 Å². The Morgan fingerprint density at radius 2 is 1.41 bits per heavy atom. The minimum Gasteiger partial charge on any atom is -0.497 e. The van der Waals surface area contributed by atoms with E-state index in [1.807, 2.05) is 56.3 Å². The number of carbonyl (C=O) groups is 2. The van der Waals surface area contributed by atoms with Gasteiger partial charge in [-0.2, -0.15) is 0 Å². The van der Waals surface area contributed by atoms with Crippen molar-refractivity contribution in [2.24, 2.45) is 5.92 Å². The maximum Gasteiger partial charge on any atom is 0.343 e. The molecule has 4 heteroatoms. The van der Waals surface area contributed by atoms with Crippen LogP contribution >= 0.6 is 0 Å². The fourth-order valence-corrected chi connectivity index (χ4v) is 3.49. The first-order chi connectivity index (χ1) is 15.2. The molecular formula is C28H30O4. The zero-order valence-corrected chi connectivity index (χ0v) is 19.3. The average Bonchev–Trinajstić information content (AvgIpc) is 2.79. The molecule has 0 bridgehead atoms. The number of ether oxygens (including phenoxy) is 2. The van der Waals surface area contributed by atoms with Gasteiger partial charge in [-0.3, -0.25) is 4.79 Å². The topological polar surface area (TPSA) is 52.6 Å². The number of Topliss-reactive ketones (excluding diaryl/α,β-unsaturated/α-hetero) is 1. The molecule has 3 rings (SSSR count). The van der Waals surface area contributed by atoms with E-state index in [0.29, 0.717) is 17.7 Å². The summed E-state index contributed by atoms with van der Waals surface area (Å²) in [6.07, 6.45) is 0.313. The lowest BCUT2D eigenvalue weighted by Gasteiger charge is -2.26. The molecule has 0 aliphatic carbocycles. The number of hydrogen-bond donors (Lipinski definition) is 0. The molecule has 0 heterocycles. The summed E-state index contributed by atoms with van der Waals surface area (Å²) in [6, 6.07) is 22.7. The Morgan fingerprint density at radius 1 is 0.844 bits per heavy atom. The zero-order chi connectivity index (χ0) is 23.3. The number of carbonyl (C=O) groups excluding carboxylic acids is 2. The van der Waals surface area contributed by atoms with Crippen LogP contribution in [0.1, 0.15) is 54.7 Å². The maximum absolute atomic E-state index is 12.6. The van der Waals surface area contributed by atoms with E-state index in [1.165, 1.54) is 0 Å². The molecule has 0 N–H and O–H groups in total. The Morgan fingerprint density at radius 3 is 1.94 bits per heavy atom. The maximum atomic E-state index is 12.6. The molecule has 3 aromatic carbocycles. The summed E-state index contributed by atoms with van der Waals surface area (Å²) in [4.78, 5) is 24.6. The van der Waals surface area contributed by atoms with E-state index >= 15 is 0 Å². The molecule has 0 atom stereocenters. The van der Waals surface area contributed by atoms with Crippen molar-refractivity contribution in [3.63, 3.8) is 0 Å². The molecule has 0 aliphatic rings. The summed E-state index contributed by atoms with van der Waals surface area (Å²) in [5.74, 6) is 0.972. The Balaban J connectivity index is 1.71. The molecule has 0 aliphatic heterocycles. The van der Waals surface area contributed by atoms with Gasteiger partial charge in [0.25, 0.3) is 0 Å². The minimum atomic E-state index is -0.439. The van der Waals surface area contributed by atoms with Gasteiger partial charge in [-0.15, -0.1) is 0 Å². The van der Waals surface area contributed by atoms with Gasteiger partial charge in [0.05, 0.1) is 12.7 Å². The van der Waals surface area contributed by atoms with Gasteiger partial charge in [0, 0.05) is 17.8 Å². The van der Waals surface area contributed by atoms with Crippen LogP contribution in [0.3, 0.4) is 0 Å². The van der Waals surface area contributed by atoms with Crippen LogP contribution in [0.25, 0.3) is 0 Å². The van der Waals surface area contributed by atoms with Gasteiger partial charge in [-0.1, -0.05) is 64.1 Å². The third kappa shape index (κ3) is 5.44. The Kier molecular flexibility index (Phi) is 7.14. The van der Waals surface area contributed by atoms with Gasteiger partial charge in [-0.05, 0) is 53.1 Å². The minimum absolute atomic E-state index is 0.0358. The zero-order valence-electron chi connectivity index (χ0n) is 19.3. The molecule has 0 unspecified atom stereocenters. The van der Waals surface area contributed by atoms with Crippen LogP contribution in [0.2, 0.25) is 0 Å². The Bertz CT molecular complexity index is 1080. The predicted octanol–water partition coefficient (Wildman–Crippen LogP) is 6.01. The molecule has 0 saturated heterocycles. The first-order valence-electron chi connectivity index (χ1n) is 10.8. The smallest absolute Gasteiger partial charge is 0.343 e. The van der Waals surface area contributed by atoms with Gasteiger partial charge in [0.2, 0.25) is 0 Å². The van der Waals surface area contributed by atoms with E-state index in [1.54, 1.807) is 25.3 Å². The molecule has 166 valence electrons. The summed E-state index contributed by atoms with van der Waals surface area (Å²) in [5.41, 5.74) is 3.30. The van der Waals surface area contributed by atoms with E-state index in [9.17, 15) is 9.59 Å². The van der Waals surface area contributed by atoms with Crippen molar-refractivity contribution in [3.05, 3.63) is 95.1 Å². The Labute approximate surface area is 190 Å². The number of methoxy groups -OCH3 is 1. The van der Waals surface area contributed by atoms with Crippen molar-refractivity contribution >= 4 is 11.8 Å². The quantitative estimate of drug-likeness (QED) is 0.324. The molecule has 4 nitrogen and oxygen atoms in total. The Hall–Kier alpha value is -3.40. The predicted molar refractivity (Wildman–Crippen MR) is 127 cm³/mol. The lowest BCUT2D eigenvalue weighted by atomic mass is 9.78. The van der Waals surface area contributed by atoms with Gasteiger partial charge in [0.15, 0.2) is 0 Å². The lowest BCUT2D eigenvalue weighted by Crippen LogP contribution is -2.18. The summed E-state index contributed by atoms with van der Waals surface area (Å²) in [7, 11) is 1.65. The van der Waals surface area contributed by atoms with Crippen molar-refractivity contribution in [3.8, 4) is 11.5 Å². The van der Waals surface area contributed by atoms with Crippen LogP contribution in [0.5, 0.6) is 11.5 Å². The van der Waals surface area contributed by atoms with E-state index in [4.69, 9.17) is 9.47 Å². The van der Waals surface area contributed by atoms with Gasteiger partial charge < -0.3 is 9.47 Å². The highest BCUT2D eigenvalue weighted by Gasteiger charge is 2.23. The van der Waals surface area contributed by atoms with Crippen molar-refractivity contribution in [2.45, 2.75) is 39.5 Å². The third-order valence-corrected chi connectivity index (χ3v) is 5.78. The molecule has 32 heavy (non-hydrogen) atoms. The van der Waals surface area contributed by atoms with E-state index < -0.39 is 5.97 Å². The molecular weight excluding hydrogens is 400 g/mol. The molecule has 3 aromatic rings. The molecule has 0 saturated carbocycles. The summed E-state index contributed by atoms with van der Waals surface area (Å²) in [5, 5.41) is 0. The highest BCUT2D eigenvalue weighted by molar-refractivity contribution is 5.91. The SMILES string of the molecule is COc1ccc(C(C)(C)c2ccc(OC(=O)c3cccc(CC(=O)C(C)C)c3)cc2)cc1. The molecule has 0 fully saturated rings.